The van der Waals surface area contributed by atoms with Gasteiger partial charge in [-0.3, -0.25) is 14.1 Å². The van der Waals surface area contributed by atoms with E-state index in [1.165, 1.54) is 11.1 Å². The molecule has 0 saturated carbocycles. The zero-order valence-corrected chi connectivity index (χ0v) is 31.2. The number of rotatable bonds is 5. The molecule has 0 unspecified atom stereocenters. The second kappa shape index (κ2) is 12.7. The molecule has 4 aromatic carbocycles. The van der Waals surface area contributed by atoms with Crippen LogP contribution in [0.15, 0.2) is 116 Å². The summed E-state index contributed by atoms with van der Waals surface area (Å²) in [6, 6.07) is 42.2. The molecular formula is C43H37N5OPt-2. The van der Waals surface area contributed by atoms with Crippen molar-refractivity contribution in [2.24, 2.45) is 0 Å². The Bertz CT molecular complexity index is 2470. The van der Waals surface area contributed by atoms with Gasteiger partial charge in [-0.05, 0) is 63.4 Å². The van der Waals surface area contributed by atoms with Gasteiger partial charge < -0.3 is 9.30 Å². The van der Waals surface area contributed by atoms with Gasteiger partial charge >= 0.3 is 0 Å². The predicted octanol–water partition coefficient (Wildman–Crippen LogP) is 9.58. The van der Waals surface area contributed by atoms with Crippen LogP contribution >= 0.6 is 0 Å². The molecule has 252 valence electrons. The van der Waals surface area contributed by atoms with E-state index in [-0.39, 0.29) is 31.9 Å². The number of aromatic nitrogens is 5. The van der Waals surface area contributed by atoms with Crippen molar-refractivity contribution in [3.05, 3.63) is 145 Å². The monoisotopic (exact) mass is 834 g/mol. The number of ether oxygens (including phenoxy) is 1. The van der Waals surface area contributed by atoms with E-state index in [0.717, 1.165) is 44.3 Å². The Kier molecular flexibility index (Phi) is 8.48. The minimum absolute atomic E-state index is 0. The molecule has 0 aliphatic rings. The first-order chi connectivity index (χ1) is 23.5. The van der Waals surface area contributed by atoms with E-state index in [1.54, 1.807) is 12.4 Å². The second-order valence-corrected chi connectivity index (χ2v) is 14.5. The van der Waals surface area contributed by atoms with Crippen molar-refractivity contribution in [3.8, 4) is 28.8 Å². The zero-order chi connectivity index (χ0) is 33.9. The van der Waals surface area contributed by atoms with Crippen molar-refractivity contribution < 1.29 is 30.4 Å². The largest absolute Gasteiger partial charge is 0.522 e. The summed E-state index contributed by atoms with van der Waals surface area (Å²) in [5, 5.41) is 2.21. The van der Waals surface area contributed by atoms with E-state index in [2.05, 4.69) is 135 Å². The molecule has 4 aromatic heterocycles. The van der Waals surface area contributed by atoms with Crippen molar-refractivity contribution in [1.82, 2.24) is 19.1 Å². The first-order valence-electron chi connectivity index (χ1n) is 16.6. The summed E-state index contributed by atoms with van der Waals surface area (Å²) in [5.41, 5.74) is 7.55. The van der Waals surface area contributed by atoms with Crippen molar-refractivity contribution >= 4 is 32.8 Å². The summed E-state index contributed by atoms with van der Waals surface area (Å²) in [7, 11) is 0. The molecule has 0 N–H and O–H groups in total. The fourth-order valence-corrected chi connectivity index (χ4v) is 6.32. The fourth-order valence-electron chi connectivity index (χ4n) is 6.32. The quantitative estimate of drug-likeness (QED) is 0.128. The number of hydrogen-bond acceptors (Lipinski definition) is 3. The summed E-state index contributed by atoms with van der Waals surface area (Å²) in [6.07, 6.45) is 7.15. The normalized spacial score (nSPS) is 12.0. The van der Waals surface area contributed by atoms with E-state index >= 15 is 0 Å². The third-order valence-electron chi connectivity index (χ3n) is 9.00. The predicted molar refractivity (Wildman–Crippen MR) is 195 cm³/mol. The Morgan fingerprint density at radius 3 is 2.04 bits per heavy atom. The van der Waals surface area contributed by atoms with Gasteiger partial charge in [0.1, 0.15) is 5.82 Å². The van der Waals surface area contributed by atoms with Crippen molar-refractivity contribution in [2.75, 3.05) is 0 Å². The summed E-state index contributed by atoms with van der Waals surface area (Å²) in [5.74, 6) is 2.51. The van der Waals surface area contributed by atoms with Crippen LogP contribution in [0.5, 0.6) is 11.5 Å². The van der Waals surface area contributed by atoms with Gasteiger partial charge in [-0.15, -0.1) is 17.5 Å². The number of imidazole rings is 1. The number of fused-ring (bicyclic) bond motifs is 4. The van der Waals surface area contributed by atoms with E-state index in [0.29, 0.717) is 17.3 Å². The summed E-state index contributed by atoms with van der Waals surface area (Å²) in [6.45, 7) is 13.5. The van der Waals surface area contributed by atoms with Crippen LogP contribution in [-0.4, -0.2) is 19.1 Å². The molecule has 8 rings (SSSR count). The fraction of sp³-hybridized carbons (Fsp3) is 0.186. The molecule has 0 radical (unpaired) electrons. The van der Waals surface area contributed by atoms with Gasteiger partial charge in [0, 0.05) is 38.5 Å². The summed E-state index contributed by atoms with van der Waals surface area (Å²) in [4.78, 5) is 9.36. The molecule has 0 amide bonds. The van der Waals surface area contributed by atoms with Crippen LogP contribution in [0.4, 0.5) is 0 Å². The Balaban J connectivity index is 0.00000392. The average Bonchev–Trinajstić information content (AvgIpc) is 3.64. The SMILES string of the molecule is CC(C)(C)c1cc(-[n+]2[c-]n(-c3[c-]c(Oc4[c-]c5c(cc4)c4ccccc4n5-c4ccccn4)ccn3)c3ccccc32)cc(C(C)(C)C)c1.[Pt]. The van der Waals surface area contributed by atoms with Crippen LogP contribution in [-0.2, 0) is 31.9 Å². The second-order valence-electron chi connectivity index (χ2n) is 14.5. The van der Waals surface area contributed by atoms with Crippen molar-refractivity contribution in [1.29, 1.82) is 0 Å². The molecule has 4 heterocycles. The number of nitrogens with zero attached hydrogens (tertiary/aromatic N) is 5. The minimum atomic E-state index is -0.0120. The minimum Gasteiger partial charge on any atom is -0.522 e. The maximum absolute atomic E-state index is 6.43. The topological polar surface area (TPSA) is 48.8 Å². The number of para-hydroxylation sites is 3. The number of pyridine rings is 2. The molecule has 8 aromatic rings. The Hall–Kier alpha value is -5.06. The van der Waals surface area contributed by atoms with Crippen molar-refractivity contribution in [3.63, 3.8) is 0 Å². The molecule has 0 fully saturated rings. The number of benzene rings is 4. The zero-order valence-electron chi connectivity index (χ0n) is 28.9. The third-order valence-corrected chi connectivity index (χ3v) is 9.00. The first-order valence-corrected chi connectivity index (χ1v) is 16.6. The Morgan fingerprint density at radius 2 is 1.32 bits per heavy atom. The van der Waals surface area contributed by atoms with E-state index in [9.17, 15) is 0 Å². The van der Waals surface area contributed by atoms with Gasteiger partial charge in [-0.1, -0.05) is 108 Å². The van der Waals surface area contributed by atoms with Gasteiger partial charge in [0.05, 0.1) is 22.5 Å². The third kappa shape index (κ3) is 6.03. The maximum atomic E-state index is 6.43. The molecule has 0 saturated heterocycles. The van der Waals surface area contributed by atoms with Crippen LogP contribution in [0.2, 0.25) is 0 Å². The smallest absolute Gasteiger partial charge is 0.269 e. The Labute approximate surface area is 307 Å². The summed E-state index contributed by atoms with van der Waals surface area (Å²) >= 11 is 0. The van der Waals surface area contributed by atoms with E-state index in [1.807, 2.05) is 47.0 Å². The van der Waals surface area contributed by atoms with Gasteiger partial charge in [0.25, 0.3) is 6.33 Å². The van der Waals surface area contributed by atoms with Gasteiger partial charge in [-0.2, -0.15) is 18.2 Å². The van der Waals surface area contributed by atoms with Crippen LogP contribution in [0.1, 0.15) is 52.7 Å². The average molecular weight is 835 g/mol. The maximum Gasteiger partial charge on any atom is 0.269 e. The molecule has 0 spiro atoms. The van der Waals surface area contributed by atoms with Crippen LogP contribution in [0, 0.1) is 18.5 Å². The molecule has 0 atom stereocenters. The van der Waals surface area contributed by atoms with E-state index < -0.39 is 0 Å². The van der Waals surface area contributed by atoms with Crippen LogP contribution in [0.3, 0.4) is 0 Å². The Morgan fingerprint density at radius 1 is 0.640 bits per heavy atom. The van der Waals surface area contributed by atoms with Gasteiger partial charge in [0.15, 0.2) is 0 Å². The van der Waals surface area contributed by atoms with Crippen LogP contribution in [0.25, 0.3) is 50.2 Å². The van der Waals surface area contributed by atoms with Gasteiger partial charge in [0.2, 0.25) is 0 Å². The molecule has 50 heavy (non-hydrogen) atoms. The van der Waals surface area contributed by atoms with Crippen LogP contribution < -0.4 is 9.30 Å². The van der Waals surface area contributed by atoms with E-state index in [4.69, 9.17) is 9.72 Å². The van der Waals surface area contributed by atoms with Crippen molar-refractivity contribution in [2.45, 2.75) is 52.4 Å². The molecule has 7 heteroatoms. The first kappa shape index (κ1) is 33.4. The molecule has 6 nitrogen and oxygen atoms in total. The molecule has 0 aliphatic carbocycles. The summed E-state index contributed by atoms with van der Waals surface area (Å²) < 4.78 is 12.6. The van der Waals surface area contributed by atoms with Gasteiger partial charge in [-0.25, -0.2) is 4.98 Å². The standard InChI is InChI=1S/C43H37N5O.Pt/c1-42(2,3)29-23-30(43(4,5)6)25-31(24-29)46-28-47(38-16-10-9-15-37(38)46)41-27-33(20-22-45-41)49-32-18-19-35-34-13-7-8-14-36(34)48(39(35)26-32)40-17-11-12-21-44-40;/h7-25H,1-6H3;/q-2;. The number of hydrogen-bond donors (Lipinski definition) is 0. The molecule has 0 bridgehead atoms. The molecule has 0 aliphatic heterocycles. The molecular weight excluding hydrogens is 798 g/mol.